The van der Waals surface area contributed by atoms with Crippen LogP contribution >= 0.6 is 0 Å². The normalized spacial score (nSPS) is 23.8. The van der Waals surface area contributed by atoms with Crippen LogP contribution in [0.4, 0.5) is 0 Å². The molecular weight excluding hydrogens is 574 g/mol. The Bertz CT molecular complexity index is 802. The SMILES string of the molecule is CCCCCC/C=C\CCCC(=O)NC(COC1OC(CO)C(O)C(O)C1O)C(O)/C=C/CC/C=C/CCCCCCCCC. The maximum absolute atomic E-state index is 12.7. The van der Waals surface area contributed by atoms with Gasteiger partial charge in [-0.1, -0.05) is 108 Å². The van der Waals surface area contributed by atoms with E-state index in [0.717, 1.165) is 32.1 Å². The number of aliphatic hydroxyl groups excluding tert-OH is 5. The van der Waals surface area contributed by atoms with Crippen LogP contribution in [0.25, 0.3) is 0 Å². The van der Waals surface area contributed by atoms with Gasteiger partial charge in [-0.15, -0.1) is 0 Å². The van der Waals surface area contributed by atoms with Crippen molar-refractivity contribution in [1.29, 1.82) is 0 Å². The summed E-state index contributed by atoms with van der Waals surface area (Å²) in [5.74, 6) is -0.227. The van der Waals surface area contributed by atoms with Gasteiger partial charge >= 0.3 is 0 Å². The van der Waals surface area contributed by atoms with Gasteiger partial charge in [0.2, 0.25) is 5.91 Å². The van der Waals surface area contributed by atoms with Crippen LogP contribution in [-0.4, -0.2) is 87.5 Å². The molecule has 1 heterocycles. The smallest absolute Gasteiger partial charge is 0.220 e. The Morgan fingerprint density at radius 1 is 0.733 bits per heavy atom. The van der Waals surface area contributed by atoms with E-state index in [9.17, 15) is 30.3 Å². The first-order chi connectivity index (χ1) is 21.8. The molecule has 1 saturated heterocycles. The van der Waals surface area contributed by atoms with Gasteiger partial charge in [-0.25, -0.2) is 0 Å². The van der Waals surface area contributed by atoms with Crippen molar-refractivity contribution in [3.63, 3.8) is 0 Å². The number of ether oxygens (including phenoxy) is 2. The van der Waals surface area contributed by atoms with Crippen LogP contribution < -0.4 is 5.32 Å². The van der Waals surface area contributed by atoms with Crippen LogP contribution in [0.1, 0.15) is 129 Å². The molecule has 1 aliphatic heterocycles. The van der Waals surface area contributed by atoms with Gasteiger partial charge in [-0.2, -0.15) is 0 Å². The van der Waals surface area contributed by atoms with Gasteiger partial charge in [0.05, 0.1) is 25.4 Å². The second-order valence-electron chi connectivity index (χ2n) is 12.3. The molecule has 0 aliphatic carbocycles. The van der Waals surface area contributed by atoms with Gasteiger partial charge in [0.1, 0.15) is 24.4 Å². The third-order valence-electron chi connectivity index (χ3n) is 8.19. The zero-order chi connectivity index (χ0) is 33.1. The molecule has 1 amide bonds. The molecule has 1 rings (SSSR count). The Hall–Kier alpha value is -1.59. The molecular formula is C36H65NO8. The van der Waals surface area contributed by atoms with E-state index >= 15 is 0 Å². The summed E-state index contributed by atoms with van der Waals surface area (Å²) in [5, 5.41) is 53.6. The second-order valence-corrected chi connectivity index (χ2v) is 12.3. The topological polar surface area (TPSA) is 149 Å². The van der Waals surface area contributed by atoms with Gasteiger partial charge in [-0.05, 0) is 51.4 Å². The maximum Gasteiger partial charge on any atom is 0.220 e. The summed E-state index contributed by atoms with van der Waals surface area (Å²) >= 11 is 0. The Morgan fingerprint density at radius 2 is 1.27 bits per heavy atom. The minimum absolute atomic E-state index is 0.212. The molecule has 1 aliphatic rings. The van der Waals surface area contributed by atoms with Crippen molar-refractivity contribution < 1.29 is 39.8 Å². The van der Waals surface area contributed by atoms with Crippen LogP contribution in [0.5, 0.6) is 0 Å². The van der Waals surface area contributed by atoms with E-state index < -0.39 is 49.5 Å². The van der Waals surface area contributed by atoms with E-state index in [1.54, 1.807) is 6.08 Å². The number of aliphatic hydroxyl groups is 5. The van der Waals surface area contributed by atoms with E-state index in [2.05, 4.69) is 43.5 Å². The van der Waals surface area contributed by atoms with Crippen molar-refractivity contribution >= 4 is 5.91 Å². The Labute approximate surface area is 272 Å². The Balaban J connectivity index is 2.56. The van der Waals surface area contributed by atoms with Crippen molar-refractivity contribution in [3.05, 3.63) is 36.5 Å². The zero-order valence-corrected chi connectivity index (χ0v) is 28.1. The number of unbranched alkanes of at least 4 members (excludes halogenated alkanes) is 13. The van der Waals surface area contributed by atoms with Crippen LogP contribution in [0.3, 0.4) is 0 Å². The van der Waals surface area contributed by atoms with E-state index in [-0.39, 0.29) is 18.9 Å². The highest BCUT2D eigenvalue weighted by molar-refractivity contribution is 5.76. The minimum Gasteiger partial charge on any atom is -0.394 e. The predicted molar refractivity (Wildman–Crippen MR) is 180 cm³/mol. The molecule has 0 spiro atoms. The fourth-order valence-corrected chi connectivity index (χ4v) is 5.23. The summed E-state index contributed by atoms with van der Waals surface area (Å²) in [5.41, 5.74) is 0. The minimum atomic E-state index is -1.57. The lowest BCUT2D eigenvalue weighted by Gasteiger charge is -2.40. The zero-order valence-electron chi connectivity index (χ0n) is 28.1. The number of allylic oxidation sites excluding steroid dienone is 5. The van der Waals surface area contributed by atoms with Crippen molar-refractivity contribution in [1.82, 2.24) is 5.32 Å². The quantitative estimate of drug-likeness (QED) is 0.0519. The standard InChI is InChI=1S/C36H65NO8/c1-3-5-7-9-11-13-14-15-16-18-19-21-23-25-30(39)29(28-44-36-35(43)34(42)33(41)31(27-38)45-36)37-32(40)26-24-22-20-17-12-10-8-6-4-2/h16-18,20,23,25,29-31,33-36,38-39,41-43H,3-15,19,21-22,24,26-28H2,1-2H3,(H,37,40)/b18-16+,20-17-,25-23+. The number of carbonyl (C=O) groups excluding carboxylic acids is 1. The van der Waals surface area contributed by atoms with Gasteiger partial charge in [-0.3, -0.25) is 4.79 Å². The number of rotatable bonds is 27. The molecule has 262 valence electrons. The fraction of sp³-hybridized carbons (Fsp3) is 0.806. The molecule has 9 nitrogen and oxygen atoms in total. The van der Waals surface area contributed by atoms with Crippen molar-refractivity contribution in [2.24, 2.45) is 0 Å². The molecule has 0 aromatic carbocycles. The van der Waals surface area contributed by atoms with E-state index in [4.69, 9.17) is 9.47 Å². The molecule has 45 heavy (non-hydrogen) atoms. The van der Waals surface area contributed by atoms with Crippen LogP contribution in [0, 0.1) is 0 Å². The maximum atomic E-state index is 12.7. The second kappa shape index (κ2) is 27.5. The number of hydrogen-bond donors (Lipinski definition) is 6. The highest BCUT2D eigenvalue weighted by atomic mass is 16.7. The summed E-state index contributed by atoms with van der Waals surface area (Å²) in [6, 6.07) is -0.830. The first-order valence-electron chi connectivity index (χ1n) is 17.7. The van der Waals surface area contributed by atoms with Gasteiger partial charge in [0.15, 0.2) is 6.29 Å². The fourth-order valence-electron chi connectivity index (χ4n) is 5.23. The van der Waals surface area contributed by atoms with Crippen LogP contribution in [0.2, 0.25) is 0 Å². The highest BCUT2D eigenvalue weighted by Crippen LogP contribution is 2.22. The first kappa shape index (κ1) is 41.4. The predicted octanol–water partition coefficient (Wildman–Crippen LogP) is 5.38. The number of amides is 1. The molecule has 0 aromatic heterocycles. The summed E-state index contributed by atoms with van der Waals surface area (Å²) in [6.45, 7) is 3.64. The lowest BCUT2D eigenvalue weighted by atomic mass is 9.99. The Morgan fingerprint density at radius 3 is 1.89 bits per heavy atom. The first-order valence-corrected chi connectivity index (χ1v) is 17.7. The van der Waals surface area contributed by atoms with Crippen molar-refractivity contribution in [3.8, 4) is 0 Å². The van der Waals surface area contributed by atoms with E-state index in [0.29, 0.717) is 6.42 Å². The summed E-state index contributed by atoms with van der Waals surface area (Å²) < 4.78 is 11.1. The molecule has 6 N–H and O–H groups in total. The molecule has 0 bridgehead atoms. The largest absolute Gasteiger partial charge is 0.394 e. The number of nitrogens with one attached hydrogen (secondary N) is 1. The number of hydrogen-bond acceptors (Lipinski definition) is 8. The summed E-state index contributed by atoms with van der Waals surface area (Å²) in [4.78, 5) is 12.7. The van der Waals surface area contributed by atoms with Gasteiger partial charge in [0.25, 0.3) is 0 Å². The van der Waals surface area contributed by atoms with Gasteiger partial charge < -0.3 is 40.3 Å². The lowest BCUT2D eigenvalue weighted by molar-refractivity contribution is -0.302. The van der Waals surface area contributed by atoms with Crippen molar-refractivity contribution in [2.45, 2.75) is 172 Å². The molecule has 7 unspecified atom stereocenters. The summed E-state index contributed by atoms with van der Waals surface area (Å²) in [6.07, 6.45) is 23.5. The molecule has 0 aromatic rings. The molecule has 1 fully saturated rings. The number of carbonyl (C=O) groups is 1. The lowest BCUT2D eigenvalue weighted by Crippen LogP contribution is -2.60. The van der Waals surface area contributed by atoms with E-state index in [1.165, 1.54) is 70.6 Å². The molecule has 9 heteroatoms. The molecule has 7 atom stereocenters. The average Bonchev–Trinajstić information content (AvgIpc) is 3.04. The Kier molecular flexibility index (Phi) is 25.3. The third-order valence-corrected chi connectivity index (χ3v) is 8.19. The highest BCUT2D eigenvalue weighted by Gasteiger charge is 2.44. The molecule has 0 radical (unpaired) electrons. The van der Waals surface area contributed by atoms with Gasteiger partial charge in [0, 0.05) is 6.42 Å². The summed E-state index contributed by atoms with van der Waals surface area (Å²) in [7, 11) is 0. The van der Waals surface area contributed by atoms with Crippen LogP contribution in [0.15, 0.2) is 36.5 Å². The monoisotopic (exact) mass is 639 g/mol. The van der Waals surface area contributed by atoms with Crippen LogP contribution in [-0.2, 0) is 14.3 Å². The molecule has 0 saturated carbocycles. The van der Waals surface area contributed by atoms with E-state index in [1.807, 2.05) is 6.08 Å². The van der Waals surface area contributed by atoms with Crippen molar-refractivity contribution in [2.75, 3.05) is 13.2 Å². The average molecular weight is 640 g/mol. The third kappa shape index (κ3) is 19.6.